The minimum Gasteiger partial charge on any atom is -0.493 e. The molecule has 130 valence electrons. The Morgan fingerprint density at radius 1 is 0.920 bits per heavy atom. The molecule has 0 aliphatic rings. The maximum atomic E-state index is 5.40. The summed E-state index contributed by atoms with van der Waals surface area (Å²) in [4.78, 5) is 4.49. The van der Waals surface area contributed by atoms with E-state index in [1.165, 1.54) is 0 Å². The van der Waals surface area contributed by atoms with Crippen LogP contribution in [0.1, 0.15) is 25.7 Å². The Morgan fingerprint density at radius 3 is 2.32 bits per heavy atom. The highest BCUT2D eigenvalue weighted by atomic mass is 16.5. The number of ether oxygens (including phenoxy) is 2. The number of pyridine rings is 1. The van der Waals surface area contributed by atoms with Crippen LogP contribution in [-0.2, 0) is 0 Å². The lowest BCUT2D eigenvalue weighted by molar-refractivity contribution is 0.355. The van der Waals surface area contributed by atoms with E-state index in [1.807, 2.05) is 37.3 Å². The standard InChI is InChI=1S/C19H22N4O2/c1-12(2)23-13(3)21-22-19(23)16-10-15(8-9-20-16)14-6-7-17(24-4)18(11-14)25-5/h6-12H,1-5H3. The van der Waals surface area contributed by atoms with Crippen LogP contribution >= 0.6 is 0 Å². The lowest BCUT2D eigenvalue weighted by Gasteiger charge is -2.13. The van der Waals surface area contributed by atoms with Gasteiger partial charge in [0.05, 0.1) is 14.2 Å². The van der Waals surface area contributed by atoms with Crippen LogP contribution in [0.3, 0.4) is 0 Å². The largest absolute Gasteiger partial charge is 0.493 e. The molecule has 0 N–H and O–H groups in total. The Morgan fingerprint density at radius 2 is 1.64 bits per heavy atom. The zero-order valence-electron chi connectivity index (χ0n) is 15.1. The summed E-state index contributed by atoms with van der Waals surface area (Å²) in [6.07, 6.45) is 1.79. The Labute approximate surface area is 147 Å². The van der Waals surface area contributed by atoms with Crippen molar-refractivity contribution in [3.05, 3.63) is 42.4 Å². The van der Waals surface area contributed by atoms with Crippen molar-refractivity contribution < 1.29 is 9.47 Å². The third-order valence-electron chi connectivity index (χ3n) is 4.09. The molecule has 6 nitrogen and oxygen atoms in total. The fourth-order valence-electron chi connectivity index (χ4n) is 2.91. The van der Waals surface area contributed by atoms with E-state index in [4.69, 9.17) is 9.47 Å². The predicted octanol–water partition coefficient (Wildman–Crippen LogP) is 3.91. The van der Waals surface area contributed by atoms with Crippen molar-refractivity contribution in [1.82, 2.24) is 19.7 Å². The molecule has 0 aliphatic heterocycles. The summed E-state index contributed by atoms with van der Waals surface area (Å²) in [6, 6.07) is 10.1. The highest BCUT2D eigenvalue weighted by molar-refractivity contribution is 5.70. The molecule has 0 saturated heterocycles. The smallest absolute Gasteiger partial charge is 0.182 e. The predicted molar refractivity (Wildman–Crippen MR) is 96.9 cm³/mol. The van der Waals surface area contributed by atoms with Crippen LogP contribution in [-0.4, -0.2) is 34.0 Å². The first-order valence-electron chi connectivity index (χ1n) is 8.15. The third kappa shape index (κ3) is 3.20. The van der Waals surface area contributed by atoms with Gasteiger partial charge < -0.3 is 14.0 Å². The molecule has 25 heavy (non-hydrogen) atoms. The molecule has 0 atom stereocenters. The highest BCUT2D eigenvalue weighted by Gasteiger charge is 2.15. The molecule has 3 aromatic rings. The van der Waals surface area contributed by atoms with Gasteiger partial charge in [-0.15, -0.1) is 10.2 Å². The Bertz CT molecular complexity index is 887. The summed E-state index contributed by atoms with van der Waals surface area (Å²) in [5, 5.41) is 8.51. The van der Waals surface area contributed by atoms with Crippen LogP contribution in [0.4, 0.5) is 0 Å². The summed E-state index contributed by atoms with van der Waals surface area (Å²) in [5.74, 6) is 3.05. The van der Waals surface area contributed by atoms with Crippen molar-refractivity contribution in [2.45, 2.75) is 26.8 Å². The molecule has 1 aromatic carbocycles. The van der Waals surface area contributed by atoms with E-state index in [9.17, 15) is 0 Å². The quantitative estimate of drug-likeness (QED) is 0.706. The lowest BCUT2D eigenvalue weighted by atomic mass is 10.1. The van der Waals surface area contributed by atoms with Crippen molar-refractivity contribution in [3.8, 4) is 34.1 Å². The first-order valence-corrected chi connectivity index (χ1v) is 8.15. The fraction of sp³-hybridized carbons (Fsp3) is 0.316. The number of hydrogen-bond acceptors (Lipinski definition) is 5. The topological polar surface area (TPSA) is 62.1 Å². The van der Waals surface area contributed by atoms with Gasteiger partial charge in [-0.2, -0.15) is 0 Å². The highest BCUT2D eigenvalue weighted by Crippen LogP contribution is 2.33. The van der Waals surface area contributed by atoms with Gasteiger partial charge >= 0.3 is 0 Å². The van der Waals surface area contributed by atoms with Gasteiger partial charge in [0.1, 0.15) is 11.5 Å². The van der Waals surface area contributed by atoms with Crippen LogP contribution in [0.25, 0.3) is 22.6 Å². The fourth-order valence-corrected chi connectivity index (χ4v) is 2.91. The SMILES string of the molecule is COc1ccc(-c2ccnc(-c3nnc(C)n3C(C)C)c2)cc1OC. The molecule has 3 rings (SSSR count). The maximum absolute atomic E-state index is 5.40. The molecule has 6 heteroatoms. The van der Waals surface area contributed by atoms with Crippen LogP contribution in [0, 0.1) is 6.92 Å². The molecule has 0 amide bonds. The summed E-state index contributed by atoms with van der Waals surface area (Å²) in [5.41, 5.74) is 2.84. The molecule has 0 aliphatic carbocycles. The summed E-state index contributed by atoms with van der Waals surface area (Å²) in [7, 11) is 3.26. The van der Waals surface area contributed by atoms with Crippen molar-refractivity contribution in [3.63, 3.8) is 0 Å². The van der Waals surface area contributed by atoms with E-state index >= 15 is 0 Å². The number of methoxy groups -OCH3 is 2. The third-order valence-corrected chi connectivity index (χ3v) is 4.09. The van der Waals surface area contributed by atoms with Gasteiger partial charge in [0.25, 0.3) is 0 Å². The number of aryl methyl sites for hydroxylation is 1. The van der Waals surface area contributed by atoms with E-state index in [1.54, 1.807) is 20.4 Å². The van der Waals surface area contributed by atoms with Gasteiger partial charge in [-0.1, -0.05) is 6.07 Å². The van der Waals surface area contributed by atoms with Crippen LogP contribution < -0.4 is 9.47 Å². The van der Waals surface area contributed by atoms with E-state index in [-0.39, 0.29) is 6.04 Å². The monoisotopic (exact) mass is 338 g/mol. The van der Waals surface area contributed by atoms with Gasteiger partial charge in [-0.25, -0.2) is 0 Å². The van der Waals surface area contributed by atoms with Gasteiger partial charge in [0.15, 0.2) is 17.3 Å². The molecule has 0 bridgehead atoms. The molecule has 0 unspecified atom stereocenters. The average molecular weight is 338 g/mol. The molecule has 0 saturated carbocycles. The molecule has 2 aromatic heterocycles. The van der Waals surface area contributed by atoms with Gasteiger partial charge in [-0.3, -0.25) is 4.98 Å². The van der Waals surface area contributed by atoms with Gasteiger partial charge in [0, 0.05) is 12.2 Å². The lowest BCUT2D eigenvalue weighted by Crippen LogP contribution is -2.06. The molecular weight excluding hydrogens is 316 g/mol. The van der Waals surface area contributed by atoms with E-state index in [0.717, 1.165) is 28.5 Å². The summed E-state index contributed by atoms with van der Waals surface area (Å²) >= 11 is 0. The van der Waals surface area contributed by atoms with Crippen LogP contribution in [0.15, 0.2) is 36.5 Å². The minimum atomic E-state index is 0.261. The van der Waals surface area contributed by atoms with Crippen LogP contribution in [0.2, 0.25) is 0 Å². The number of aromatic nitrogens is 4. The van der Waals surface area contributed by atoms with E-state index in [0.29, 0.717) is 11.5 Å². The van der Waals surface area contributed by atoms with Gasteiger partial charge in [0.2, 0.25) is 0 Å². The number of nitrogens with zero attached hydrogens (tertiary/aromatic N) is 4. The summed E-state index contributed by atoms with van der Waals surface area (Å²) in [6.45, 7) is 6.17. The van der Waals surface area contributed by atoms with Crippen molar-refractivity contribution in [1.29, 1.82) is 0 Å². The summed E-state index contributed by atoms with van der Waals surface area (Å²) < 4.78 is 12.8. The Hall–Kier alpha value is -2.89. The normalized spacial score (nSPS) is 11.0. The average Bonchev–Trinajstić information content (AvgIpc) is 3.03. The molecular formula is C19H22N4O2. The second-order valence-electron chi connectivity index (χ2n) is 6.03. The van der Waals surface area contributed by atoms with Crippen LogP contribution in [0.5, 0.6) is 11.5 Å². The Kier molecular flexibility index (Phi) is 4.70. The zero-order valence-corrected chi connectivity index (χ0v) is 15.1. The van der Waals surface area contributed by atoms with Crippen molar-refractivity contribution in [2.75, 3.05) is 14.2 Å². The number of benzene rings is 1. The molecule has 0 radical (unpaired) electrons. The second kappa shape index (κ2) is 6.93. The van der Waals surface area contributed by atoms with E-state index in [2.05, 4.69) is 33.6 Å². The Balaban J connectivity index is 2.06. The zero-order chi connectivity index (χ0) is 18.0. The second-order valence-corrected chi connectivity index (χ2v) is 6.03. The number of hydrogen-bond donors (Lipinski definition) is 0. The first-order chi connectivity index (χ1) is 12.0. The molecule has 2 heterocycles. The maximum Gasteiger partial charge on any atom is 0.182 e. The number of rotatable bonds is 5. The van der Waals surface area contributed by atoms with Gasteiger partial charge in [-0.05, 0) is 56.2 Å². The first kappa shape index (κ1) is 17.0. The van der Waals surface area contributed by atoms with Crippen molar-refractivity contribution in [2.24, 2.45) is 0 Å². The van der Waals surface area contributed by atoms with E-state index < -0.39 is 0 Å². The molecule has 0 spiro atoms. The van der Waals surface area contributed by atoms with Crippen molar-refractivity contribution >= 4 is 0 Å². The minimum absolute atomic E-state index is 0.261. The molecule has 0 fully saturated rings.